The summed E-state index contributed by atoms with van der Waals surface area (Å²) in [6, 6.07) is 0.229. The predicted octanol–water partition coefficient (Wildman–Crippen LogP) is 1.79. The maximum atomic E-state index is 12.0. The molecule has 1 amide bonds. The van der Waals surface area contributed by atoms with Gasteiger partial charge in [0.25, 0.3) is 0 Å². The second-order valence-corrected chi connectivity index (χ2v) is 6.17. The molecule has 1 atom stereocenters. The SMILES string of the molecule is CCN(CC)C(=O)CNC1CC(C)(C)OC1(C)C. The second-order valence-electron chi connectivity index (χ2n) is 6.17. The van der Waals surface area contributed by atoms with Gasteiger partial charge in [-0.3, -0.25) is 4.79 Å². The number of carbonyl (C=O) groups excluding carboxylic acids is 1. The molecule has 1 aliphatic heterocycles. The van der Waals surface area contributed by atoms with Gasteiger partial charge < -0.3 is 15.0 Å². The third kappa shape index (κ3) is 3.69. The zero-order valence-electron chi connectivity index (χ0n) is 12.7. The maximum absolute atomic E-state index is 12.0. The fourth-order valence-corrected chi connectivity index (χ4v) is 2.78. The van der Waals surface area contributed by atoms with Crippen molar-refractivity contribution in [3.63, 3.8) is 0 Å². The van der Waals surface area contributed by atoms with Crippen LogP contribution < -0.4 is 5.32 Å². The zero-order chi connectivity index (χ0) is 14.0. The van der Waals surface area contributed by atoms with Crippen molar-refractivity contribution in [2.45, 2.75) is 65.2 Å². The summed E-state index contributed by atoms with van der Waals surface area (Å²) < 4.78 is 6.01. The second kappa shape index (κ2) is 5.57. The monoisotopic (exact) mass is 256 g/mol. The minimum absolute atomic E-state index is 0.112. The molecule has 1 saturated heterocycles. The standard InChI is InChI=1S/C14H28N2O2/c1-7-16(8-2)12(17)10-15-11-9-13(3,4)18-14(11,5)6/h11,15H,7-10H2,1-6H3. The fraction of sp³-hybridized carbons (Fsp3) is 0.929. The molecule has 0 aromatic carbocycles. The number of carbonyl (C=O) groups is 1. The first-order valence-corrected chi connectivity index (χ1v) is 6.93. The van der Waals surface area contributed by atoms with Crippen LogP contribution >= 0.6 is 0 Å². The number of ether oxygens (including phenoxy) is 1. The van der Waals surface area contributed by atoms with Crippen LogP contribution in [0.4, 0.5) is 0 Å². The molecule has 0 aromatic rings. The van der Waals surface area contributed by atoms with Crippen LogP contribution in [0.25, 0.3) is 0 Å². The molecule has 1 fully saturated rings. The Labute approximate surface area is 111 Å². The Balaban J connectivity index is 2.51. The van der Waals surface area contributed by atoms with Gasteiger partial charge in [-0.25, -0.2) is 0 Å². The lowest BCUT2D eigenvalue weighted by atomic mass is 9.94. The quantitative estimate of drug-likeness (QED) is 0.815. The van der Waals surface area contributed by atoms with Gasteiger partial charge in [-0.1, -0.05) is 0 Å². The van der Waals surface area contributed by atoms with E-state index in [0.717, 1.165) is 19.5 Å². The van der Waals surface area contributed by atoms with E-state index in [4.69, 9.17) is 4.74 Å². The Hall–Kier alpha value is -0.610. The maximum Gasteiger partial charge on any atom is 0.236 e. The van der Waals surface area contributed by atoms with Crippen LogP contribution in [0.3, 0.4) is 0 Å². The fourth-order valence-electron chi connectivity index (χ4n) is 2.78. The van der Waals surface area contributed by atoms with Gasteiger partial charge in [0.05, 0.1) is 17.7 Å². The number of nitrogens with one attached hydrogen (secondary N) is 1. The van der Waals surface area contributed by atoms with Crippen LogP contribution in [0.1, 0.15) is 48.0 Å². The molecule has 1 heterocycles. The molecule has 106 valence electrons. The average Bonchev–Trinajstić information content (AvgIpc) is 2.45. The number of amides is 1. The van der Waals surface area contributed by atoms with Crippen LogP contribution in [0.2, 0.25) is 0 Å². The Bertz CT molecular complexity index is 296. The average molecular weight is 256 g/mol. The molecule has 1 unspecified atom stereocenters. The van der Waals surface area contributed by atoms with Gasteiger partial charge in [0.2, 0.25) is 5.91 Å². The van der Waals surface area contributed by atoms with E-state index in [2.05, 4.69) is 33.0 Å². The summed E-state index contributed by atoms with van der Waals surface area (Å²) >= 11 is 0. The largest absolute Gasteiger partial charge is 0.368 e. The molecular weight excluding hydrogens is 228 g/mol. The van der Waals surface area contributed by atoms with Crippen LogP contribution in [0.15, 0.2) is 0 Å². The third-order valence-corrected chi connectivity index (χ3v) is 3.69. The van der Waals surface area contributed by atoms with E-state index >= 15 is 0 Å². The first-order chi connectivity index (χ1) is 8.22. The lowest BCUT2D eigenvalue weighted by molar-refractivity contribution is -0.130. The Morgan fingerprint density at radius 2 is 1.83 bits per heavy atom. The molecule has 0 saturated carbocycles. The highest BCUT2D eigenvalue weighted by Crippen LogP contribution is 2.37. The van der Waals surface area contributed by atoms with Crippen molar-refractivity contribution < 1.29 is 9.53 Å². The first kappa shape index (κ1) is 15.4. The molecule has 1 rings (SSSR count). The summed E-state index contributed by atoms with van der Waals surface area (Å²) in [5, 5.41) is 3.36. The van der Waals surface area contributed by atoms with E-state index in [1.54, 1.807) is 0 Å². The molecule has 0 aromatic heterocycles. The first-order valence-electron chi connectivity index (χ1n) is 6.93. The zero-order valence-corrected chi connectivity index (χ0v) is 12.7. The highest BCUT2D eigenvalue weighted by atomic mass is 16.5. The van der Waals surface area contributed by atoms with E-state index in [1.807, 2.05) is 18.7 Å². The normalized spacial score (nSPS) is 25.1. The van der Waals surface area contributed by atoms with Gasteiger partial charge in [-0.05, 0) is 48.0 Å². The van der Waals surface area contributed by atoms with E-state index in [-0.39, 0.29) is 23.2 Å². The molecule has 1 aliphatic rings. The highest BCUT2D eigenvalue weighted by Gasteiger charge is 2.45. The van der Waals surface area contributed by atoms with Gasteiger partial charge in [0, 0.05) is 19.1 Å². The molecule has 1 N–H and O–H groups in total. The summed E-state index contributed by atoms with van der Waals surface area (Å²) in [6.07, 6.45) is 0.936. The van der Waals surface area contributed by atoms with Crippen LogP contribution in [-0.2, 0) is 9.53 Å². The van der Waals surface area contributed by atoms with Crippen molar-refractivity contribution in [2.24, 2.45) is 0 Å². The Morgan fingerprint density at radius 3 is 2.22 bits per heavy atom. The summed E-state index contributed by atoms with van der Waals surface area (Å²) in [7, 11) is 0. The van der Waals surface area contributed by atoms with Crippen molar-refractivity contribution in [1.82, 2.24) is 10.2 Å². The van der Waals surface area contributed by atoms with Crippen molar-refractivity contribution in [3.8, 4) is 0 Å². The van der Waals surface area contributed by atoms with E-state index < -0.39 is 0 Å². The van der Waals surface area contributed by atoms with Crippen LogP contribution in [-0.4, -0.2) is 47.7 Å². The third-order valence-electron chi connectivity index (χ3n) is 3.69. The van der Waals surface area contributed by atoms with E-state index in [0.29, 0.717) is 6.54 Å². The smallest absolute Gasteiger partial charge is 0.236 e. The summed E-state index contributed by atoms with van der Waals surface area (Å²) in [6.45, 7) is 14.3. The van der Waals surface area contributed by atoms with Gasteiger partial charge in [0.1, 0.15) is 0 Å². The lowest BCUT2D eigenvalue weighted by Crippen LogP contribution is -2.48. The molecule has 4 nitrogen and oxygen atoms in total. The van der Waals surface area contributed by atoms with Crippen LogP contribution in [0, 0.1) is 0 Å². The summed E-state index contributed by atoms with van der Waals surface area (Å²) in [5.74, 6) is 0.167. The van der Waals surface area contributed by atoms with Gasteiger partial charge >= 0.3 is 0 Å². The molecule has 4 heteroatoms. The summed E-state index contributed by atoms with van der Waals surface area (Å²) in [4.78, 5) is 13.8. The molecule has 0 aliphatic carbocycles. The Morgan fingerprint density at radius 1 is 1.28 bits per heavy atom. The summed E-state index contributed by atoms with van der Waals surface area (Å²) in [5.41, 5.74) is -0.327. The van der Waals surface area contributed by atoms with E-state index in [9.17, 15) is 4.79 Å². The minimum Gasteiger partial charge on any atom is -0.368 e. The van der Waals surface area contributed by atoms with Crippen LogP contribution in [0.5, 0.6) is 0 Å². The van der Waals surface area contributed by atoms with Crippen molar-refractivity contribution in [3.05, 3.63) is 0 Å². The van der Waals surface area contributed by atoms with Gasteiger partial charge in [0.15, 0.2) is 0 Å². The number of likely N-dealkylation sites (N-methyl/N-ethyl adjacent to an activating group) is 1. The number of hydrogen-bond acceptors (Lipinski definition) is 3. The van der Waals surface area contributed by atoms with Gasteiger partial charge in [-0.15, -0.1) is 0 Å². The lowest BCUT2D eigenvalue weighted by Gasteiger charge is -2.28. The van der Waals surface area contributed by atoms with E-state index in [1.165, 1.54) is 0 Å². The molecule has 18 heavy (non-hydrogen) atoms. The predicted molar refractivity (Wildman–Crippen MR) is 73.6 cm³/mol. The number of rotatable bonds is 5. The van der Waals surface area contributed by atoms with Crippen molar-refractivity contribution >= 4 is 5.91 Å². The highest BCUT2D eigenvalue weighted by molar-refractivity contribution is 5.78. The molecule has 0 bridgehead atoms. The number of nitrogens with zero attached hydrogens (tertiary/aromatic N) is 1. The molecule has 0 radical (unpaired) electrons. The topological polar surface area (TPSA) is 41.6 Å². The van der Waals surface area contributed by atoms with Crippen molar-refractivity contribution in [1.29, 1.82) is 0 Å². The number of hydrogen-bond donors (Lipinski definition) is 1. The Kier molecular flexibility index (Phi) is 4.78. The minimum atomic E-state index is -0.215. The molecular formula is C14H28N2O2. The molecule has 0 spiro atoms. The van der Waals surface area contributed by atoms with Gasteiger partial charge in [-0.2, -0.15) is 0 Å². The van der Waals surface area contributed by atoms with Crippen molar-refractivity contribution in [2.75, 3.05) is 19.6 Å².